The van der Waals surface area contributed by atoms with Gasteiger partial charge in [-0.25, -0.2) is 4.31 Å². The molecule has 0 atom stereocenters. The Morgan fingerprint density at radius 1 is 1.24 bits per heavy atom. The quantitative estimate of drug-likeness (QED) is 0.242. The summed E-state index contributed by atoms with van der Waals surface area (Å²) in [6.45, 7) is 0.340. The lowest BCUT2D eigenvalue weighted by molar-refractivity contribution is -0.383. The number of nitro benzene ring substituents is 1. The number of methoxy groups -OCH3 is 2. The topological polar surface area (TPSA) is 97.7 Å². The van der Waals surface area contributed by atoms with Crippen LogP contribution in [0, 0.1) is 10.1 Å². The Morgan fingerprint density at radius 2 is 1.97 bits per heavy atom. The first kappa shape index (κ1) is 21.0. The van der Waals surface area contributed by atoms with Crippen molar-refractivity contribution in [1.29, 1.82) is 0 Å². The molecule has 0 saturated heterocycles. The molecule has 0 radical (unpaired) electrons. The van der Waals surface area contributed by atoms with Crippen molar-refractivity contribution in [3.8, 4) is 5.75 Å². The number of esters is 1. The maximum atomic E-state index is 11.9. The maximum absolute atomic E-state index is 11.9. The molecule has 0 aliphatic carbocycles. The Morgan fingerprint density at radius 3 is 2.59 bits per heavy atom. The highest BCUT2D eigenvalue weighted by Gasteiger charge is 2.19. The predicted molar refractivity (Wildman–Crippen MR) is 111 cm³/mol. The van der Waals surface area contributed by atoms with Crippen molar-refractivity contribution in [1.82, 2.24) is 9.29 Å². The van der Waals surface area contributed by atoms with Crippen molar-refractivity contribution in [2.45, 2.75) is 11.4 Å². The molecule has 3 aromatic rings. The maximum Gasteiger partial charge on any atom is 0.320 e. The first-order chi connectivity index (χ1) is 13.9. The van der Waals surface area contributed by atoms with Crippen LogP contribution in [0.5, 0.6) is 5.75 Å². The Kier molecular flexibility index (Phi) is 6.63. The number of ether oxygens (including phenoxy) is 2. The van der Waals surface area contributed by atoms with Crippen LogP contribution in [0.4, 0.5) is 5.69 Å². The van der Waals surface area contributed by atoms with Crippen molar-refractivity contribution in [2.24, 2.45) is 0 Å². The van der Waals surface area contributed by atoms with Gasteiger partial charge in [-0.1, -0.05) is 11.6 Å². The number of nitrogens with zero attached hydrogens (tertiary/aromatic N) is 2. The zero-order valence-electron chi connectivity index (χ0n) is 15.7. The van der Waals surface area contributed by atoms with E-state index in [2.05, 4.69) is 4.98 Å². The van der Waals surface area contributed by atoms with Crippen molar-refractivity contribution in [2.75, 3.05) is 20.8 Å². The number of benzene rings is 2. The van der Waals surface area contributed by atoms with Crippen LogP contribution >= 0.6 is 23.5 Å². The molecule has 1 heterocycles. The molecule has 0 aliphatic rings. The number of hydrogen-bond donors (Lipinski definition) is 1. The third kappa shape index (κ3) is 5.00. The number of aromatic nitrogens is 1. The van der Waals surface area contributed by atoms with E-state index in [0.29, 0.717) is 28.2 Å². The number of nitrogens with one attached hydrogen (secondary N) is 1. The Hall–Kier alpha value is -2.75. The second kappa shape index (κ2) is 9.17. The minimum Gasteiger partial charge on any atom is -0.497 e. The zero-order valence-corrected chi connectivity index (χ0v) is 17.2. The van der Waals surface area contributed by atoms with Gasteiger partial charge in [-0.3, -0.25) is 14.9 Å². The van der Waals surface area contributed by atoms with Gasteiger partial charge in [0, 0.05) is 16.7 Å². The highest BCUT2D eigenvalue weighted by atomic mass is 35.5. The first-order valence-corrected chi connectivity index (χ1v) is 9.64. The molecule has 0 unspecified atom stereocenters. The number of H-pyrrole nitrogens is 1. The summed E-state index contributed by atoms with van der Waals surface area (Å²) in [6.07, 6.45) is 0. The number of non-ortho nitro benzene ring substituents is 1. The standard InChI is InChI=1S/C19H18ClN3O5S/c1-27-13-3-5-14(6-4-13)29-22(11-18(24)28-2)10-12-9-15-17(23(25)26)8-7-16(20)19(15)21-12/h3-9,21H,10-11H2,1-2H3. The molecule has 0 spiro atoms. The van der Waals surface area contributed by atoms with Gasteiger partial charge in [0.1, 0.15) is 12.3 Å². The van der Waals surface area contributed by atoms with Crippen LogP contribution < -0.4 is 4.74 Å². The molecule has 2 aromatic carbocycles. The second-order valence-corrected chi connectivity index (χ2v) is 7.63. The molecule has 3 rings (SSSR count). The van der Waals surface area contributed by atoms with Crippen LogP contribution in [0.15, 0.2) is 47.4 Å². The summed E-state index contributed by atoms with van der Waals surface area (Å²) in [4.78, 5) is 26.7. The van der Waals surface area contributed by atoms with E-state index < -0.39 is 10.9 Å². The van der Waals surface area contributed by atoms with E-state index >= 15 is 0 Å². The molecule has 0 aliphatic heterocycles. The van der Waals surface area contributed by atoms with Crippen LogP contribution in [0.1, 0.15) is 5.69 Å². The largest absolute Gasteiger partial charge is 0.497 e. The van der Waals surface area contributed by atoms with Gasteiger partial charge in [-0.05, 0) is 48.3 Å². The Balaban J connectivity index is 1.88. The van der Waals surface area contributed by atoms with E-state index in [1.54, 1.807) is 17.5 Å². The fourth-order valence-electron chi connectivity index (χ4n) is 2.77. The molecule has 10 heteroatoms. The Labute approximate surface area is 176 Å². The number of halogens is 1. The fourth-order valence-corrected chi connectivity index (χ4v) is 3.92. The number of hydrogen-bond acceptors (Lipinski definition) is 7. The molecule has 1 aromatic heterocycles. The van der Waals surface area contributed by atoms with E-state index in [1.807, 2.05) is 24.3 Å². The number of carbonyl (C=O) groups excluding carboxylic acids is 1. The molecular weight excluding hydrogens is 418 g/mol. The van der Waals surface area contributed by atoms with Crippen molar-refractivity contribution in [3.63, 3.8) is 0 Å². The van der Waals surface area contributed by atoms with Crippen LogP contribution in [0.3, 0.4) is 0 Å². The van der Waals surface area contributed by atoms with Crippen LogP contribution in [0.25, 0.3) is 10.9 Å². The number of carbonyl (C=O) groups is 1. The molecule has 1 N–H and O–H groups in total. The summed E-state index contributed by atoms with van der Waals surface area (Å²) < 4.78 is 11.7. The molecule has 0 saturated carbocycles. The van der Waals surface area contributed by atoms with E-state index in [4.69, 9.17) is 21.1 Å². The number of nitro groups is 1. The molecule has 152 valence electrons. The van der Waals surface area contributed by atoms with E-state index in [-0.39, 0.29) is 12.2 Å². The lowest BCUT2D eigenvalue weighted by Crippen LogP contribution is -2.24. The summed E-state index contributed by atoms with van der Waals surface area (Å²) >= 11 is 7.55. The Bertz CT molecular complexity index is 1040. The number of rotatable bonds is 8. The van der Waals surface area contributed by atoms with Gasteiger partial charge in [0.05, 0.1) is 41.6 Å². The van der Waals surface area contributed by atoms with Gasteiger partial charge in [-0.2, -0.15) is 0 Å². The fraction of sp³-hybridized carbons (Fsp3) is 0.211. The summed E-state index contributed by atoms with van der Waals surface area (Å²) in [6, 6.07) is 11.9. The lowest BCUT2D eigenvalue weighted by atomic mass is 10.2. The van der Waals surface area contributed by atoms with Gasteiger partial charge >= 0.3 is 5.97 Å². The van der Waals surface area contributed by atoms with Crippen LogP contribution in [-0.2, 0) is 16.1 Å². The number of aromatic amines is 1. The molecular formula is C19H18ClN3O5S. The van der Waals surface area contributed by atoms with Gasteiger partial charge in [0.2, 0.25) is 0 Å². The molecule has 0 fully saturated rings. The van der Waals surface area contributed by atoms with Gasteiger partial charge in [0.25, 0.3) is 5.69 Å². The third-order valence-electron chi connectivity index (χ3n) is 4.15. The monoisotopic (exact) mass is 435 g/mol. The zero-order chi connectivity index (χ0) is 21.0. The average molecular weight is 436 g/mol. The highest BCUT2D eigenvalue weighted by molar-refractivity contribution is 7.97. The highest BCUT2D eigenvalue weighted by Crippen LogP contribution is 2.33. The summed E-state index contributed by atoms with van der Waals surface area (Å²) in [5, 5.41) is 12.1. The van der Waals surface area contributed by atoms with Crippen molar-refractivity contribution >= 4 is 46.1 Å². The summed E-state index contributed by atoms with van der Waals surface area (Å²) in [5.41, 5.74) is 1.14. The predicted octanol–water partition coefficient (Wildman–Crippen LogP) is 4.42. The third-order valence-corrected chi connectivity index (χ3v) is 5.46. The minimum absolute atomic E-state index is 0.0262. The second-order valence-electron chi connectivity index (χ2n) is 6.05. The average Bonchev–Trinajstić information content (AvgIpc) is 3.12. The van der Waals surface area contributed by atoms with Gasteiger partial charge < -0.3 is 14.5 Å². The summed E-state index contributed by atoms with van der Waals surface area (Å²) in [7, 11) is 2.91. The molecule has 8 nitrogen and oxygen atoms in total. The normalized spacial score (nSPS) is 11.0. The van der Waals surface area contributed by atoms with Crippen molar-refractivity contribution in [3.05, 3.63) is 63.3 Å². The van der Waals surface area contributed by atoms with Crippen molar-refractivity contribution < 1.29 is 19.2 Å². The molecule has 29 heavy (non-hydrogen) atoms. The number of fused-ring (bicyclic) bond motifs is 1. The van der Waals surface area contributed by atoms with Crippen LogP contribution in [-0.4, -0.2) is 40.9 Å². The van der Waals surface area contributed by atoms with Gasteiger partial charge in [-0.15, -0.1) is 0 Å². The minimum atomic E-state index is -0.450. The first-order valence-electron chi connectivity index (χ1n) is 8.49. The SMILES string of the molecule is COC(=O)CN(Cc1cc2c([N+](=O)[O-])ccc(Cl)c2[nH]1)Sc1ccc(OC)cc1. The summed E-state index contributed by atoms with van der Waals surface area (Å²) in [5.74, 6) is 0.331. The van der Waals surface area contributed by atoms with E-state index in [0.717, 1.165) is 10.6 Å². The van der Waals surface area contributed by atoms with E-state index in [1.165, 1.54) is 31.2 Å². The molecule has 0 amide bonds. The van der Waals surface area contributed by atoms with Crippen LogP contribution in [0.2, 0.25) is 5.02 Å². The van der Waals surface area contributed by atoms with E-state index in [9.17, 15) is 14.9 Å². The molecule has 0 bridgehead atoms. The lowest BCUT2D eigenvalue weighted by Gasteiger charge is -2.19. The smallest absolute Gasteiger partial charge is 0.320 e. The van der Waals surface area contributed by atoms with Gasteiger partial charge in [0.15, 0.2) is 0 Å².